The van der Waals surface area contributed by atoms with Crippen molar-refractivity contribution in [2.24, 2.45) is 5.92 Å². The summed E-state index contributed by atoms with van der Waals surface area (Å²) in [6.07, 6.45) is 2.85. The lowest BCUT2D eigenvalue weighted by atomic mass is 9.93. The first-order valence-corrected chi connectivity index (χ1v) is 7.52. The maximum absolute atomic E-state index is 9.58. The molecule has 0 saturated heterocycles. The van der Waals surface area contributed by atoms with Gasteiger partial charge in [0.2, 0.25) is 0 Å². The van der Waals surface area contributed by atoms with Gasteiger partial charge in [-0.1, -0.05) is 54.9 Å². The smallest absolute Gasteiger partial charge is 0.0465 e. The molecule has 1 nitrogen and oxygen atoms in total. The predicted molar refractivity (Wildman–Crippen MR) is 85.3 cm³/mol. The summed E-state index contributed by atoms with van der Waals surface area (Å²) < 4.78 is 0. The van der Waals surface area contributed by atoms with Gasteiger partial charge in [0.1, 0.15) is 0 Å². The molecule has 106 valence electrons. The van der Waals surface area contributed by atoms with E-state index in [0.29, 0.717) is 0 Å². The van der Waals surface area contributed by atoms with Gasteiger partial charge in [-0.15, -0.1) is 0 Å². The van der Waals surface area contributed by atoms with Crippen molar-refractivity contribution >= 4 is 11.6 Å². The molecule has 0 radical (unpaired) electrons. The van der Waals surface area contributed by atoms with E-state index in [1.165, 1.54) is 16.7 Å². The van der Waals surface area contributed by atoms with E-state index in [1.54, 1.807) is 0 Å². The summed E-state index contributed by atoms with van der Waals surface area (Å²) in [6.45, 7) is 2.37. The van der Waals surface area contributed by atoms with Crippen LogP contribution < -0.4 is 0 Å². The standard InChI is InChI=1S/C18H21ClO/c1-2-14-3-5-15(6-4-14)11-17(13-20)12-16-7-9-18(19)10-8-16/h3-10,17,20H,2,11-13H2,1H3. The van der Waals surface area contributed by atoms with Gasteiger partial charge in [-0.3, -0.25) is 0 Å². The molecule has 2 aromatic rings. The molecule has 0 amide bonds. The lowest BCUT2D eigenvalue weighted by Crippen LogP contribution is -2.13. The molecule has 0 spiro atoms. The van der Waals surface area contributed by atoms with Crippen molar-refractivity contribution in [2.45, 2.75) is 26.2 Å². The van der Waals surface area contributed by atoms with Crippen molar-refractivity contribution < 1.29 is 5.11 Å². The number of aliphatic hydroxyl groups excluding tert-OH is 1. The molecule has 0 bridgehead atoms. The van der Waals surface area contributed by atoms with Gasteiger partial charge in [-0.05, 0) is 54.0 Å². The zero-order chi connectivity index (χ0) is 14.4. The molecule has 0 aliphatic carbocycles. The third-order valence-electron chi connectivity index (χ3n) is 3.65. The van der Waals surface area contributed by atoms with Crippen LogP contribution >= 0.6 is 11.6 Å². The van der Waals surface area contributed by atoms with Gasteiger partial charge in [0.05, 0.1) is 0 Å². The van der Waals surface area contributed by atoms with Gasteiger partial charge in [-0.2, -0.15) is 0 Å². The van der Waals surface area contributed by atoms with E-state index in [1.807, 2.05) is 24.3 Å². The molecule has 1 unspecified atom stereocenters. The molecule has 2 rings (SSSR count). The topological polar surface area (TPSA) is 20.2 Å². The van der Waals surface area contributed by atoms with Crippen molar-refractivity contribution in [2.75, 3.05) is 6.61 Å². The number of aliphatic hydroxyl groups is 1. The van der Waals surface area contributed by atoms with E-state index >= 15 is 0 Å². The fourth-order valence-corrected chi connectivity index (χ4v) is 2.53. The highest BCUT2D eigenvalue weighted by Crippen LogP contribution is 2.17. The van der Waals surface area contributed by atoms with E-state index in [0.717, 1.165) is 24.3 Å². The van der Waals surface area contributed by atoms with Gasteiger partial charge in [0.25, 0.3) is 0 Å². The Labute approximate surface area is 126 Å². The van der Waals surface area contributed by atoms with Gasteiger partial charge < -0.3 is 5.11 Å². The molecule has 1 atom stereocenters. The van der Waals surface area contributed by atoms with Crippen molar-refractivity contribution in [3.05, 3.63) is 70.2 Å². The number of aryl methyl sites for hydroxylation is 1. The molecule has 0 aliphatic heterocycles. The minimum absolute atomic E-state index is 0.207. The third kappa shape index (κ3) is 4.36. The van der Waals surface area contributed by atoms with Gasteiger partial charge in [0, 0.05) is 11.6 Å². The normalized spacial score (nSPS) is 12.3. The van der Waals surface area contributed by atoms with Gasteiger partial charge >= 0.3 is 0 Å². The van der Waals surface area contributed by atoms with Gasteiger partial charge in [0.15, 0.2) is 0 Å². The van der Waals surface area contributed by atoms with Crippen LogP contribution in [0.3, 0.4) is 0 Å². The highest BCUT2D eigenvalue weighted by atomic mass is 35.5. The van der Waals surface area contributed by atoms with Crippen LogP contribution in [0.1, 0.15) is 23.6 Å². The monoisotopic (exact) mass is 288 g/mol. The van der Waals surface area contributed by atoms with Crippen LogP contribution in [0.15, 0.2) is 48.5 Å². The molecule has 2 heteroatoms. The maximum atomic E-state index is 9.58. The van der Waals surface area contributed by atoms with E-state index < -0.39 is 0 Å². The van der Waals surface area contributed by atoms with Crippen LogP contribution in [0.25, 0.3) is 0 Å². The average Bonchev–Trinajstić information content (AvgIpc) is 2.49. The van der Waals surface area contributed by atoms with E-state index in [2.05, 4.69) is 31.2 Å². The zero-order valence-corrected chi connectivity index (χ0v) is 12.6. The molecule has 0 heterocycles. The second-order valence-electron chi connectivity index (χ2n) is 5.25. The summed E-state index contributed by atoms with van der Waals surface area (Å²) >= 11 is 5.89. The minimum atomic E-state index is 0.207. The molecule has 0 saturated carbocycles. The number of rotatable bonds is 6. The molecule has 2 aromatic carbocycles. The van der Waals surface area contributed by atoms with Crippen LogP contribution in [-0.2, 0) is 19.3 Å². The Morgan fingerprint density at radius 2 is 1.30 bits per heavy atom. The molecule has 20 heavy (non-hydrogen) atoms. The summed E-state index contributed by atoms with van der Waals surface area (Å²) in [5, 5.41) is 10.3. The highest BCUT2D eigenvalue weighted by Gasteiger charge is 2.10. The van der Waals surface area contributed by atoms with Crippen LogP contribution in [-0.4, -0.2) is 11.7 Å². The first-order valence-electron chi connectivity index (χ1n) is 7.14. The lowest BCUT2D eigenvalue weighted by molar-refractivity contribution is 0.225. The molecular weight excluding hydrogens is 268 g/mol. The fraction of sp³-hybridized carbons (Fsp3) is 0.333. The first-order chi connectivity index (χ1) is 9.71. The van der Waals surface area contributed by atoms with Crippen molar-refractivity contribution in [3.63, 3.8) is 0 Å². The molecule has 0 aliphatic rings. The Balaban J connectivity index is 1.99. The number of hydrogen-bond donors (Lipinski definition) is 1. The van der Waals surface area contributed by atoms with Crippen LogP contribution in [0.2, 0.25) is 5.02 Å². The number of hydrogen-bond acceptors (Lipinski definition) is 1. The second kappa shape index (κ2) is 7.47. The van der Waals surface area contributed by atoms with Gasteiger partial charge in [-0.25, -0.2) is 0 Å². The Morgan fingerprint density at radius 3 is 1.75 bits per heavy atom. The molecule has 0 aromatic heterocycles. The quantitative estimate of drug-likeness (QED) is 0.840. The molecule has 0 fully saturated rings. The average molecular weight is 289 g/mol. The second-order valence-corrected chi connectivity index (χ2v) is 5.69. The summed E-state index contributed by atoms with van der Waals surface area (Å²) in [6, 6.07) is 16.6. The maximum Gasteiger partial charge on any atom is 0.0465 e. The fourth-order valence-electron chi connectivity index (χ4n) is 2.40. The third-order valence-corrected chi connectivity index (χ3v) is 3.90. The van der Waals surface area contributed by atoms with Crippen LogP contribution in [0.4, 0.5) is 0 Å². The predicted octanol–water partition coefficient (Wildman–Crippen LogP) is 4.30. The largest absolute Gasteiger partial charge is 0.396 e. The highest BCUT2D eigenvalue weighted by molar-refractivity contribution is 6.30. The van der Waals surface area contributed by atoms with Crippen LogP contribution in [0.5, 0.6) is 0 Å². The Hall–Kier alpha value is -1.31. The Bertz CT molecular complexity index is 516. The summed E-state index contributed by atoms with van der Waals surface area (Å²) in [4.78, 5) is 0. The summed E-state index contributed by atoms with van der Waals surface area (Å²) in [5.41, 5.74) is 3.86. The van der Waals surface area contributed by atoms with E-state index in [9.17, 15) is 5.11 Å². The lowest BCUT2D eigenvalue weighted by Gasteiger charge is -2.14. The Morgan fingerprint density at radius 1 is 0.850 bits per heavy atom. The van der Waals surface area contributed by atoms with Crippen molar-refractivity contribution in [1.29, 1.82) is 0 Å². The summed E-state index contributed by atoms with van der Waals surface area (Å²) in [7, 11) is 0. The molecule has 1 N–H and O–H groups in total. The van der Waals surface area contributed by atoms with Crippen LogP contribution in [0, 0.1) is 5.92 Å². The number of benzene rings is 2. The van der Waals surface area contributed by atoms with Crippen molar-refractivity contribution in [1.82, 2.24) is 0 Å². The zero-order valence-electron chi connectivity index (χ0n) is 11.8. The SMILES string of the molecule is CCc1ccc(CC(CO)Cc2ccc(Cl)cc2)cc1. The minimum Gasteiger partial charge on any atom is -0.396 e. The van der Waals surface area contributed by atoms with Crippen molar-refractivity contribution in [3.8, 4) is 0 Å². The summed E-state index contributed by atoms with van der Waals surface area (Å²) in [5.74, 6) is 0.253. The molecular formula is C18H21ClO. The van der Waals surface area contributed by atoms with E-state index in [-0.39, 0.29) is 12.5 Å². The first kappa shape index (κ1) is 15.1. The van der Waals surface area contributed by atoms with E-state index in [4.69, 9.17) is 11.6 Å². The number of halogens is 1. The Kier molecular flexibility index (Phi) is 5.63.